The van der Waals surface area contributed by atoms with Gasteiger partial charge in [-0.1, -0.05) is 44.0 Å². The highest BCUT2D eigenvalue weighted by atomic mass is 79.9. The van der Waals surface area contributed by atoms with E-state index in [0.29, 0.717) is 21.8 Å². The van der Waals surface area contributed by atoms with Gasteiger partial charge in [-0.3, -0.25) is 0 Å². The van der Waals surface area contributed by atoms with Crippen LogP contribution in [0, 0.1) is 5.41 Å². The summed E-state index contributed by atoms with van der Waals surface area (Å²) < 4.78 is 6.94. The molecule has 0 spiro atoms. The molecule has 21 heavy (non-hydrogen) atoms. The van der Waals surface area contributed by atoms with Gasteiger partial charge in [0.15, 0.2) is 0 Å². The first-order valence-corrected chi connectivity index (χ1v) is 9.01. The van der Waals surface area contributed by atoms with Crippen LogP contribution in [0.4, 0.5) is 0 Å². The van der Waals surface area contributed by atoms with Crippen LogP contribution in [-0.2, 0) is 0 Å². The largest absolute Gasteiger partial charge is 0.488 e. The van der Waals surface area contributed by atoms with Crippen molar-refractivity contribution in [2.45, 2.75) is 52.2 Å². The normalized spacial score (nSPS) is 28.3. The molecule has 2 rings (SSSR count). The minimum atomic E-state index is 0.137. The van der Waals surface area contributed by atoms with Crippen molar-refractivity contribution in [1.29, 1.82) is 0 Å². The van der Waals surface area contributed by atoms with Gasteiger partial charge in [-0.25, -0.2) is 0 Å². The summed E-state index contributed by atoms with van der Waals surface area (Å²) in [5, 5.41) is 4.83. The summed E-state index contributed by atoms with van der Waals surface area (Å²) in [4.78, 5) is 0. The maximum atomic E-state index is 6.25. The molecule has 3 atom stereocenters. The molecule has 2 nitrogen and oxygen atoms in total. The van der Waals surface area contributed by atoms with Crippen LogP contribution in [0.1, 0.15) is 40.0 Å². The molecule has 118 valence electrons. The van der Waals surface area contributed by atoms with Crippen LogP contribution in [0.3, 0.4) is 0 Å². The van der Waals surface area contributed by atoms with Crippen LogP contribution in [0.2, 0.25) is 10.0 Å². The zero-order valence-electron chi connectivity index (χ0n) is 12.7. The summed E-state index contributed by atoms with van der Waals surface area (Å²) in [7, 11) is 0. The number of ether oxygens (including phenoxy) is 1. The van der Waals surface area contributed by atoms with Crippen molar-refractivity contribution in [2.24, 2.45) is 5.41 Å². The van der Waals surface area contributed by atoms with E-state index < -0.39 is 0 Å². The lowest BCUT2D eigenvalue weighted by Crippen LogP contribution is -2.63. The van der Waals surface area contributed by atoms with Gasteiger partial charge in [-0.15, -0.1) is 0 Å². The van der Waals surface area contributed by atoms with Gasteiger partial charge in [0, 0.05) is 28.4 Å². The second kappa shape index (κ2) is 7.08. The Kier molecular flexibility index (Phi) is 5.86. The van der Waals surface area contributed by atoms with Gasteiger partial charge in [0.1, 0.15) is 11.9 Å². The van der Waals surface area contributed by atoms with E-state index in [4.69, 9.17) is 27.9 Å². The quantitative estimate of drug-likeness (QED) is 0.625. The van der Waals surface area contributed by atoms with E-state index in [2.05, 4.69) is 42.0 Å². The standard InChI is InChI=1S/C16H22BrCl2NO/c1-4-6-20-14-9-15(16(14,3)5-2)21-13-8-11(18)10(17)7-12(13)19/h7-8,14-15,20H,4-6,9H2,1-3H3. The molecule has 0 bridgehead atoms. The van der Waals surface area contributed by atoms with E-state index in [0.717, 1.165) is 30.3 Å². The molecule has 1 aromatic carbocycles. The van der Waals surface area contributed by atoms with E-state index in [9.17, 15) is 0 Å². The van der Waals surface area contributed by atoms with E-state index in [1.165, 1.54) is 0 Å². The van der Waals surface area contributed by atoms with Crippen molar-refractivity contribution < 1.29 is 4.74 Å². The molecular formula is C16H22BrCl2NO. The minimum Gasteiger partial charge on any atom is -0.488 e. The summed E-state index contributed by atoms with van der Waals surface area (Å²) in [5.41, 5.74) is 0.137. The van der Waals surface area contributed by atoms with Crippen molar-refractivity contribution in [1.82, 2.24) is 5.32 Å². The predicted molar refractivity (Wildman–Crippen MR) is 93.7 cm³/mol. The Labute approximate surface area is 145 Å². The molecule has 1 aliphatic rings. The molecule has 0 saturated heterocycles. The number of halogens is 3. The number of rotatable bonds is 6. The average molecular weight is 395 g/mol. The van der Waals surface area contributed by atoms with Gasteiger partial charge in [-0.2, -0.15) is 0 Å². The molecular weight excluding hydrogens is 373 g/mol. The Morgan fingerprint density at radius 1 is 1.33 bits per heavy atom. The van der Waals surface area contributed by atoms with Gasteiger partial charge in [-0.05, 0) is 41.4 Å². The van der Waals surface area contributed by atoms with Crippen LogP contribution in [-0.4, -0.2) is 18.7 Å². The lowest BCUT2D eigenvalue weighted by molar-refractivity contribution is -0.0700. The topological polar surface area (TPSA) is 21.3 Å². The van der Waals surface area contributed by atoms with Gasteiger partial charge in [0.05, 0.1) is 10.0 Å². The lowest BCUT2D eigenvalue weighted by Gasteiger charge is -2.53. The van der Waals surface area contributed by atoms with Gasteiger partial charge in [0.2, 0.25) is 0 Å². The molecule has 0 heterocycles. The van der Waals surface area contributed by atoms with Crippen LogP contribution in [0.5, 0.6) is 5.75 Å². The first-order chi connectivity index (χ1) is 9.92. The number of nitrogens with one attached hydrogen (secondary N) is 1. The van der Waals surface area contributed by atoms with Crippen LogP contribution in [0.25, 0.3) is 0 Å². The highest BCUT2D eigenvalue weighted by Gasteiger charge is 2.51. The van der Waals surface area contributed by atoms with Crippen LogP contribution >= 0.6 is 39.1 Å². The third-order valence-corrected chi connectivity index (χ3v) is 6.12. The Balaban J connectivity index is 2.09. The number of hydrogen-bond acceptors (Lipinski definition) is 2. The molecule has 0 amide bonds. The Morgan fingerprint density at radius 2 is 2.05 bits per heavy atom. The monoisotopic (exact) mass is 393 g/mol. The lowest BCUT2D eigenvalue weighted by atomic mass is 9.61. The van der Waals surface area contributed by atoms with Gasteiger partial charge >= 0.3 is 0 Å². The molecule has 1 saturated carbocycles. The van der Waals surface area contributed by atoms with E-state index in [-0.39, 0.29) is 11.5 Å². The zero-order valence-corrected chi connectivity index (χ0v) is 15.8. The second-order valence-electron chi connectivity index (χ2n) is 5.91. The summed E-state index contributed by atoms with van der Waals surface area (Å²) in [6.07, 6.45) is 3.40. The SMILES string of the molecule is CCCNC1CC(Oc2cc(Cl)c(Br)cc2Cl)C1(C)CC. The summed E-state index contributed by atoms with van der Waals surface area (Å²) in [6.45, 7) is 7.74. The molecule has 0 aromatic heterocycles. The number of hydrogen-bond donors (Lipinski definition) is 1. The first-order valence-electron chi connectivity index (χ1n) is 7.47. The van der Waals surface area contributed by atoms with Crippen molar-refractivity contribution in [2.75, 3.05) is 6.54 Å². The van der Waals surface area contributed by atoms with Crippen molar-refractivity contribution >= 4 is 39.1 Å². The van der Waals surface area contributed by atoms with Crippen molar-refractivity contribution in [3.63, 3.8) is 0 Å². The van der Waals surface area contributed by atoms with E-state index >= 15 is 0 Å². The smallest absolute Gasteiger partial charge is 0.139 e. The molecule has 1 aliphatic carbocycles. The fourth-order valence-corrected chi connectivity index (χ4v) is 3.69. The van der Waals surface area contributed by atoms with Gasteiger partial charge < -0.3 is 10.1 Å². The maximum absolute atomic E-state index is 6.25. The van der Waals surface area contributed by atoms with Crippen LogP contribution in [0.15, 0.2) is 16.6 Å². The summed E-state index contributed by atoms with van der Waals surface area (Å²) in [6, 6.07) is 4.09. The second-order valence-corrected chi connectivity index (χ2v) is 7.57. The van der Waals surface area contributed by atoms with E-state index in [1.54, 1.807) is 12.1 Å². The fraction of sp³-hybridized carbons (Fsp3) is 0.625. The molecule has 0 aliphatic heterocycles. The highest BCUT2D eigenvalue weighted by molar-refractivity contribution is 9.10. The summed E-state index contributed by atoms with van der Waals surface area (Å²) in [5.74, 6) is 0.670. The predicted octanol–water partition coefficient (Wildman–Crippen LogP) is 5.69. The van der Waals surface area contributed by atoms with E-state index in [1.807, 2.05) is 0 Å². The van der Waals surface area contributed by atoms with Crippen molar-refractivity contribution in [3.8, 4) is 5.75 Å². The molecule has 1 aromatic rings. The third kappa shape index (κ3) is 3.52. The van der Waals surface area contributed by atoms with Gasteiger partial charge in [0.25, 0.3) is 0 Å². The first kappa shape index (κ1) is 17.4. The third-order valence-electron chi connectivity index (χ3n) is 4.63. The Morgan fingerprint density at radius 3 is 2.67 bits per heavy atom. The molecule has 5 heteroatoms. The average Bonchev–Trinajstić information content (AvgIpc) is 2.46. The van der Waals surface area contributed by atoms with Crippen LogP contribution < -0.4 is 10.1 Å². The number of benzene rings is 1. The zero-order chi connectivity index (χ0) is 15.6. The van der Waals surface area contributed by atoms with Crippen molar-refractivity contribution in [3.05, 3.63) is 26.7 Å². The molecule has 1 fully saturated rings. The Bertz CT molecular complexity index is 511. The maximum Gasteiger partial charge on any atom is 0.139 e. The summed E-state index contributed by atoms with van der Waals surface area (Å²) >= 11 is 15.8. The fourth-order valence-electron chi connectivity index (χ4n) is 2.86. The Hall–Kier alpha value is 0.0400. The molecule has 1 N–H and O–H groups in total. The molecule has 0 radical (unpaired) electrons. The molecule has 3 unspecified atom stereocenters. The highest BCUT2D eigenvalue weighted by Crippen LogP contribution is 2.47. The minimum absolute atomic E-state index is 0.137.